The molecule has 6 heteroatoms. The second-order valence-electron chi connectivity index (χ2n) is 7.11. The Labute approximate surface area is 179 Å². The summed E-state index contributed by atoms with van der Waals surface area (Å²) >= 11 is 2.24. The summed E-state index contributed by atoms with van der Waals surface area (Å²) in [6.45, 7) is 6.75. The van der Waals surface area contributed by atoms with Gasteiger partial charge < -0.3 is 20.4 Å². The maximum Gasteiger partial charge on any atom is 0.254 e. The minimum Gasteiger partial charge on any atom is -0.384 e. The van der Waals surface area contributed by atoms with E-state index in [2.05, 4.69) is 40.6 Å². The van der Waals surface area contributed by atoms with Crippen LogP contribution in [0.15, 0.2) is 60.8 Å². The van der Waals surface area contributed by atoms with Crippen molar-refractivity contribution < 1.29 is 15.0 Å². The number of halogens is 1. The van der Waals surface area contributed by atoms with E-state index in [9.17, 15) is 15.0 Å². The van der Waals surface area contributed by atoms with Crippen LogP contribution in [0.3, 0.4) is 0 Å². The Balaban J connectivity index is 1.61. The van der Waals surface area contributed by atoms with Crippen molar-refractivity contribution in [3.63, 3.8) is 0 Å². The topological polar surface area (TPSA) is 72.8 Å². The Bertz CT molecular complexity index is 870. The lowest BCUT2D eigenvalue weighted by Gasteiger charge is -2.32. The largest absolute Gasteiger partial charge is 0.384 e. The van der Waals surface area contributed by atoms with Gasteiger partial charge in [-0.3, -0.25) is 4.79 Å². The monoisotopic (exact) mass is 492 g/mol. The van der Waals surface area contributed by atoms with Crippen LogP contribution in [0.5, 0.6) is 0 Å². The Morgan fingerprint density at radius 1 is 1.14 bits per heavy atom. The van der Waals surface area contributed by atoms with Crippen LogP contribution in [0.4, 0.5) is 0 Å². The number of rotatable bonds is 6. The van der Waals surface area contributed by atoms with E-state index in [1.165, 1.54) is 5.56 Å². The van der Waals surface area contributed by atoms with Gasteiger partial charge in [-0.05, 0) is 64.8 Å². The van der Waals surface area contributed by atoms with Crippen LogP contribution < -0.4 is 5.32 Å². The molecule has 148 valence electrons. The van der Waals surface area contributed by atoms with Crippen molar-refractivity contribution in [3.05, 3.63) is 81.1 Å². The number of hydrogen-bond acceptors (Lipinski definition) is 4. The van der Waals surface area contributed by atoms with Crippen molar-refractivity contribution in [2.24, 2.45) is 0 Å². The van der Waals surface area contributed by atoms with Gasteiger partial charge in [0.25, 0.3) is 5.91 Å². The SMILES string of the molecule is C=C(N[C@@H](C)c1cccc(I)c1)C(O)C(O)C(=O)N1CCc2ccccc2C1. The van der Waals surface area contributed by atoms with E-state index in [4.69, 9.17) is 0 Å². The highest BCUT2D eigenvalue weighted by atomic mass is 127. The molecule has 0 spiro atoms. The molecule has 28 heavy (non-hydrogen) atoms. The van der Waals surface area contributed by atoms with Gasteiger partial charge in [0.05, 0.1) is 0 Å². The summed E-state index contributed by atoms with van der Waals surface area (Å²) in [5.41, 5.74) is 3.56. The number of aliphatic hydroxyl groups excluding tert-OH is 2. The van der Waals surface area contributed by atoms with E-state index >= 15 is 0 Å². The fourth-order valence-corrected chi connectivity index (χ4v) is 3.99. The number of amides is 1. The number of nitrogens with one attached hydrogen (secondary N) is 1. The van der Waals surface area contributed by atoms with Gasteiger partial charge in [-0.15, -0.1) is 0 Å². The Hall–Kier alpha value is -1.90. The molecule has 0 saturated carbocycles. The maximum absolute atomic E-state index is 12.7. The Morgan fingerprint density at radius 2 is 1.86 bits per heavy atom. The zero-order chi connectivity index (χ0) is 20.3. The van der Waals surface area contributed by atoms with Crippen LogP contribution in [-0.4, -0.2) is 39.8 Å². The van der Waals surface area contributed by atoms with Crippen LogP contribution >= 0.6 is 22.6 Å². The number of fused-ring (bicyclic) bond motifs is 1. The molecule has 3 rings (SSSR count). The third-order valence-electron chi connectivity index (χ3n) is 5.10. The predicted octanol–water partition coefficient (Wildman–Crippen LogP) is 2.76. The molecule has 1 heterocycles. The summed E-state index contributed by atoms with van der Waals surface area (Å²) in [5, 5.41) is 24.0. The molecule has 0 aliphatic carbocycles. The molecule has 1 aliphatic heterocycles. The standard InChI is InChI=1S/C22H25IN2O3/c1-14(17-8-5-9-19(23)12-17)24-15(2)20(26)21(27)22(28)25-11-10-16-6-3-4-7-18(16)13-25/h3-9,12,14,20-21,24,26-27H,2,10-11,13H2,1H3/t14-,20?,21?/m0/s1. The first-order valence-electron chi connectivity index (χ1n) is 9.29. The normalized spacial score (nSPS) is 16.6. The molecule has 0 saturated heterocycles. The highest BCUT2D eigenvalue weighted by Crippen LogP contribution is 2.21. The third kappa shape index (κ3) is 4.74. The smallest absolute Gasteiger partial charge is 0.254 e. The summed E-state index contributed by atoms with van der Waals surface area (Å²) in [6.07, 6.45) is -2.18. The van der Waals surface area contributed by atoms with Crippen LogP contribution in [0.1, 0.15) is 29.7 Å². The third-order valence-corrected chi connectivity index (χ3v) is 5.77. The van der Waals surface area contributed by atoms with Gasteiger partial charge in [-0.2, -0.15) is 0 Å². The van der Waals surface area contributed by atoms with Crippen molar-refractivity contribution in [3.8, 4) is 0 Å². The Morgan fingerprint density at radius 3 is 2.57 bits per heavy atom. The molecule has 2 unspecified atom stereocenters. The first kappa shape index (κ1) is 20.8. The second kappa shape index (κ2) is 9.07. The van der Waals surface area contributed by atoms with Gasteiger partial charge in [-0.25, -0.2) is 0 Å². The summed E-state index contributed by atoms with van der Waals surface area (Å²) in [5.74, 6) is -0.480. The summed E-state index contributed by atoms with van der Waals surface area (Å²) in [4.78, 5) is 14.3. The number of carbonyl (C=O) groups excluding carboxylic acids is 1. The molecule has 3 atom stereocenters. The molecule has 1 aliphatic rings. The van der Waals surface area contributed by atoms with Gasteiger partial charge in [0.1, 0.15) is 6.10 Å². The van der Waals surface area contributed by atoms with Crippen molar-refractivity contribution in [1.82, 2.24) is 10.2 Å². The van der Waals surface area contributed by atoms with Gasteiger partial charge in [-0.1, -0.05) is 43.0 Å². The van der Waals surface area contributed by atoms with Crippen LogP contribution in [0.25, 0.3) is 0 Å². The molecule has 0 aromatic heterocycles. The summed E-state index contributed by atoms with van der Waals surface area (Å²) in [6, 6.07) is 15.8. The Kier molecular flexibility index (Phi) is 6.74. The minimum absolute atomic E-state index is 0.110. The first-order valence-corrected chi connectivity index (χ1v) is 10.4. The van der Waals surface area contributed by atoms with Crippen LogP contribution in [0.2, 0.25) is 0 Å². The van der Waals surface area contributed by atoms with Crippen molar-refractivity contribution in [1.29, 1.82) is 0 Å². The highest BCUT2D eigenvalue weighted by molar-refractivity contribution is 14.1. The summed E-state index contributed by atoms with van der Waals surface area (Å²) in [7, 11) is 0. The van der Waals surface area contributed by atoms with Crippen molar-refractivity contribution in [2.75, 3.05) is 6.54 Å². The van der Waals surface area contributed by atoms with Gasteiger partial charge in [0.2, 0.25) is 0 Å². The number of benzene rings is 2. The van der Waals surface area contributed by atoms with Gasteiger partial charge >= 0.3 is 0 Å². The molecular formula is C22H25IN2O3. The minimum atomic E-state index is -1.55. The molecule has 0 fully saturated rings. The summed E-state index contributed by atoms with van der Waals surface area (Å²) < 4.78 is 1.11. The zero-order valence-corrected chi connectivity index (χ0v) is 18.0. The van der Waals surface area contributed by atoms with E-state index < -0.39 is 18.1 Å². The second-order valence-corrected chi connectivity index (χ2v) is 8.36. The molecule has 5 nitrogen and oxygen atoms in total. The molecular weight excluding hydrogens is 467 g/mol. The highest BCUT2D eigenvalue weighted by Gasteiger charge is 2.32. The van der Waals surface area contributed by atoms with E-state index in [0.717, 1.165) is 21.1 Å². The van der Waals surface area contributed by atoms with Gasteiger partial charge in [0.15, 0.2) is 6.10 Å². The van der Waals surface area contributed by atoms with Crippen LogP contribution in [0, 0.1) is 3.57 Å². The fraction of sp³-hybridized carbons (Fsp3) is 0.318. The van der Waals surface area contributed by atoms with E-state index in [-0.39, 0.29) is 11.7 Å². The lowest BCUT2D eigenvalue weighted by Crippen LogP contribution is -2.48. The van der Waals surface area contributed by atoms with Crippen molar-refractivity contribution in [2.45, 2.75) is 38.1 Å². The molecule has 0 bridgehead atoms. The fourth-order valence-electron chi connectivity index (χ4n) is 3.42. The lowest BCUT2D eigenvalue weighted by molar-refractivity contribution is -0.146. The predicted molar refractivity (Wildman–Crippen MR) is 117 cm³/mol. The van der Waals surface area contributed by atoms with E-state index in [0.29, 0.717) is 13.1 Å². The number of hydrogen-bond donors (Lipinski definition) is 3. The van der Waals surface area contributed by atoms with Gasteiger partial charge in [0, 0.05) is 28.4 Å². The number of aliphatic hydroxyl groups is 2. The molecule has 2 aromatic rings. The lowest BCUT2D eigenvalue weighted by atomic mass is 9.99. The average Bonchev–Trinajstić information content (AvgIpc) is 2.71. The molecule has 3 N–H and O–H groups in total. The zero-order valence-electron chi connectivity index (χ0n) is 15.8. The van der Waals surface area contributed by atoms with Crippen LogP contribution in [-0.2, 0) is 17.8 Å². The number of carbonyl (C=O) groups is 1. The first-order chi connectivity index (χ1) is 13.4. The number of nitrogens with zero attached hydrogens (tertiary/aromatic N) is 1. The van der Waals surface area contributed by atoms with E-state index in [1.807, 2.05) is 49.4 Å². The quantitative estimate of drug-likeness (QED) is 0.543. The molecule has 2 aromatic carbocycles. The molecule has 1 amide bonds. The maximum atomic E-state index is 12.7. The van der Waals surface area contributed by atoms with Crippen molar-refractivity contribution >= 4 is 28.5 Å². The molecule has 0 radical (unpaired) electrons. The average molecular weight is 492 g/mol. The van der Waals surface area contributed by atoms with E-state index in [1.54, 1.807) is 4.90 Å².